The molecular formula is C16H17N5O5S3. The maximum atomic E-state index is 12.5. The van der Waals surface area contributed by atoms with E-state index in [0.29, 0.717) is 11.2 Å². The molecule has 154 valence electrons. The summed E-state index contributed by atoms with van der Waals surface area (Å²) in [5, 5.41) is 2.54. The molecule has 0 saturated carbocycles. The van der Waals surface area contributed by atoms with E-state index in [1.807, 2.05) is 0 Å². The molecule has 0 bridgehead atoms. The van der Waals surface area contributed by atoms with E-state index in [2.05, 4.69) is 23.5 Å². The summed E-state index contributed by atoms with van der Waals surface area (Å²) >= 11 is 0.910. The highest BCUT2D eigenvalue weighted by Gasteiger charge is 2.20. The third-order valence-corrected chi connectivity index (χ3v) is 7.24. The first-order chi connectivity index (χ1) is 13.7. The third-order valence-electron chi connectivity index (χ3n) is 3.73. The van der Waals surface area contributed by atoms with Gasteiger partial charge in [0.2, 0.25) is 26.0 Å². The molecule has 0 fully saturated rings. The zero-order chi connectivity index (χ0) is 21.1. The van der Waals surface area contributed by atoms with Crippen LogP contribution in [0.15, 0.2) is 52.3 Å². The lowest BCUT2D eigenvalue weighted by Crippen LogP contribution is -2.34. The first kappa shape index (κ1) is 21.3. The van der Waals surface area contributed by atoms with Gasteiger partial charge in [0.1, 0.15) is 15.9 Å². The van der Waals surface area contributed by atoms with Gasteiger partial charge >= 0.3 is 0 Å². The Hall–Kier alpha value is -2.45. The van der Waals surface area contributed by atoms with Crippen molar-refractivity contribution < 1.29 is 21.6 Å². The van der Waals surface area contributed by atoms with Crippen LogP contribution in [0.1, 0.15) is 6.92 Å². The van der Waals surface area contributed by atoms with Crippen molar-refractivity contribution in [3.63, 3.8) is 0 Å². The molecule has 0 saturated heterocycles. The van der Waals surface area contributed by atoms with E-state index in [4.69, 9.17) is 0 Å². The summed E-state index contributed by atoms with van der Waals surface area (Å²) in [6.45, 7) is 1.04. The number of nitrogens with one attached hydrogen (secondary N) is 3. The highest BCUT2D eigenvalue weighted by atomic mass is 32.2. The molecule has 0 aliphatic heterocycles. The topological polar surface area (TPSA) is 147 Å². The fourth-order valence-electron chi connectivity index (χ4n) is 2.45. The van der Waals surface area contributed by atoms with E-state index in [1.165, 1.54) is 37.3 Å². The largest absolute Gasteiger partial charge is 0.326 e. The van der Waals surface area contributed by atoms with Crippen LogP contribution in [-0.2, 0) is 24.8 Å². The molecule has 2 aromatic carbocycles. The van der Waals surface area contributed by atoms with Gasteiger partial charge in [0.25, 0.3) is 0 Å². The number of sulfonamides is 2. The maximum Gasteiger partial charge on any atom is 0.242 e. The highest BCUT2D eigenvalue weighted by Crippen LogP contribution is 2.20. The van der Waals surface area contributed by atoms with Crippen LogP contribution in [-0.4, -0.2) is 44.6 Å². The van der Waals surface area contributed by atoms with Gasteiger partial charge in [-0.05, 0) is 36.4 Å². The van der Waals surface area contributed by atoms with Crippen LogP contribution in [0.4, 0.5) is 5.69 Å². The van der Waals surface area contributed by atoms with Gasteiger partial charge in [-0.25, -0.2) is 26.3 Å². The number of anilines is 1. The zero-order valence-corrected chi connectivity index (χ0v) is 17.6. The van der Waals surface area contributed by atoms with E-state index in [9.17, 15) is 21.6 Å². The average Bonchev–Trinajstić information content (AvgIpc) is 3.14. The van der Waals surface area contributed by atoms with Crippen molar-refractivity contribution in [2.45, 2.75) is 16.7 Å². The molecule has 1 aromatic heterocycles. The minimum Gasteiger partial charge on any atom is -0.326 e. The Kier molecular flexibility index (Phi) is 6.24. The maximum absolute atomic E-state index is 12.5. The Morgan fingerprint density at radius 2 is 1.59 bits per heavy atom. The summed E-state index contributed by atoms with van der Waals surface area (Å²) in [4.78, 5) is 11.0. The molecule has 0 radical (unpaired) electrons. The molecule has 0 unspecified atom stereocenters. The first-order valence-electron chi connectivity index (χ1n) is 8.27. The molecule has 0 spiro atoms. The molecule has 0 aliphatic carbocycles. The number of aromatic nitrogens is 2. The van der Waals surface area contributed by atoms with Crippen LogP contribution >= 0.6 is 11.7 Å². The van der Waals surface area contributed by atoms with Gasteiger partial charge in [0.15, 0.2) is 0 Å². The summed E-state index contributed by atoms with van der Waals surface area (Å²) < 4.78 is 62.2. The van der Waals surface area contributed by atoms with Crippen LogP contribution < -0.4 is 14.8 Å². The van der Waals surface area contributed by atoms with Crippen molar-refractivity contribution in [1.82, 2.24) is 18.2 Å². The SMILES string of the molecule is CC(=O)Nc1ccc(S(=O)(=O)NCCNS(=O)(=O)c2cccc3nsnc23)cc1. The molecule has 13 heteroatoms. The van der Waals surface area contributed by atoms with E-state index in [0.717, 1.165) is 11.7 Å². The van der Waals surface area contributed by atoms with E-state index >= 15 is 0 Å². The van der Waals surface area contributed by atoms with E-state index < -0.39 is 20.0 Å². The molecule has 1 heterocycles. The molecule has 0 aliphatic rings. The van der Waals surface area contributed by atoms with Gasteiger partial charge in [-0.15, -0.1) is 0 Å². The normalized spacial score (nSPS) is 12.2. The molecule has 10 nitrogen and oxygen atoms in total. The molecular weight excluding hydrogens is 438 g/mol. The Bertz CT molecular complexity index is 1240. The molecule has 3 N–H and O–H groups in total. The second-order valence-electron chi connectivity index (χ2n) is 5.89. The van der Waals surface area contributed by atoms with Gasteiger partial charge in [-0.1, -0.05) is 6.07 Å². The van der Waals surface area contributed by atoms with Crippen molar-refractivity contribution in [3.05, 3.63) is 42.5 Å². The molecule has 0 atom stereocenters. The number of hydrogen-bond acceptors (Lipinski definition) is 8. The number of hydrogen-bond donors (Lipinski definition) is 3. The van der Waals surface area contributed by atoms with Crippen molar-refractivity contribution in [2.24, 2.45) is 0 Å². The quantitative estimate of drug-likeness (QED) is 0.428. The third kappa shape index (κ3) is 5.13. The number of benzene rings is 2. The van der Waals surface area contributed by atoms with Crippen LogP contribution in [0.3, 0.4) is 0 Å². The lowest BCUT2D eigenvalue weighted by atomic mass is 10.3. The molecule has 1 amide bonds. The molecule has 3 aromatic rings. The predicted octanol–water partition coefficient (Wildman–Crippen LogP) is 0.906. The zero-order valence-electron chi connectivity index (χ0n) is 15.1. The van der Waals surface area contributed by atoms with Gasteiger partial charge in [0, 0.05) is 25.7 Å². The van der Waals surface area contributed by atoms with E-state index in [1.54, 1.807) is 12.1 Å². The highest BCUT2D eigenvalue weighted by molar-refractivity contribution is 7.90. The van der Waals surface area contributed by atoms with Gasteiger partial charge in [-0.3, -0.25) is 4.79 Å². The lowest BCUT2D eigenvalue weighted by Gasteiger charge is -2.10. The first-order valence-corrected chi connectivity index (χ1v) is 12.0. The van der Waals surface area contributed by atoms with Gasteiger partial charge in [-0.2, -0.15) is 8.75 Å². The smallest absolute Gasteiger partial charge is 0.242 e. The summed E-state index contributed by atoms with van der Waals surface area (Å²) in [6.07, 6.45) is 0. The Labute approximate surface area is 171 Å². The standard InChI is InChI=1S/C16H17N5O5S3/c1-11(22)19-12-5-7-13(8-6-12)28(23,24)17-9-10-18-29(25,26)15-4-2-3-14-16(15)21-27-20-14/h2-8,17-18H,9-10H2,1H3,(H,19,22). The summed E-state index contributed by atoms with van der Waals surface area (Å²) in [7, 11) is -7.71. The molecule has 29 heavy (non-hydrogen) atoms. The van der Waals surface area contributed by atoms with Gasteiger partial charge < -0.3 is 5.32 Å². The fraction of sp³-hybridized carbons (Fsp3) is 0.188. The van der Waals surface area contributed by atoms with Crippen LogP contribution in [0.2, 0.25) is 0 Å². The van der Waals surface area contributed by atoms with E-state index in [-0.39, 0.29) is 34.3 Å². The van der Waals surface area contributed by atoms with Crippen molar-refractivity contribution in [1.29, 1.82) is 0 Å². The Morgan fingerprint density at radius 3 is 2.24 bits per heavy atom. The Morgan fingerprint density at radius 1 is 0.931 bits per heavy atom. The minimum atomic E-state index is -3.88. The number of carbonyl (C=O) groups is 1. The lowest BCUT2D eigenvalue weighted by molar-refractivity contribution is -0.114. The monoisotopic (exact) mass is 455 g/mol. The fourth-order valence-corrected chi connectivity index (χ4v) is 5.28. The second-order valence-corrected chi connectivity index (χ2v) is 9.92. The summed E-state index contributed by atoms with van der Waals surface area (Å²) in [6, 6.07) is 10.2. The second kappa shape index (κ2) is 8.51. The van der Waals surface area contributed by atoms with Crippen LogP contribution in [0, 0.1) is 0 Å². The average molecular weight is 456 g/mol. The van der Waals surface area contributed by atoms with Crippen molar-refractivity contribution >= 4 is 54.4 Å². The van der Waals surface area contributed by atoms with Gasteiger partial charge in [0.05, 0.1) is 16.6 Å². The van der Waals surface area contributed by atoms with Crippen molar-refractivity contribution in [3.8, 4) is 0 Å². The van der Waals surface area contributed by atoms with Crippen LogP contribution in [0.25, 0.3) is 11.0 Å². The number of nitrogens with zero attached hydrogens (tertiary/aromatic N) is 2. The number of carbonyl (C=O) groups excluding carboxylic acids is 1. The number of fused-ring (bicyclic) bond motifs is 1. The summed E-state index contributed by atoms with van der Waals surface area (Å²) in [5.41, 5.74) is 1.21. The minimum absolute atomic E-state index is 0.00669. The van der Waals surface area contributed by atoms with Crippen molar-refractivity contribution in [2.75, 3.05) is 18.4 Å². The number of rotatable bonds is 8. The summed E-state index contributed by atoms with van der Waals surface area (Å²) in [5.74, 6) is -0.268. The van der Waals surface area contributed by atoms with Crippen LogP contribution in [0.5, 0.6) is 0 Å². The number of amides is 1. The molecule has 3 rings (SSSR count). The Balaban J connectivity index is 1.60. The predicted molar refractivity (Wildman–Crippen MR) is 109 cm³/mol.